The van der Waals surface area contributed by atoms with Gasteiger partial charge in [0, 0.05) is 125 Å². The van der Waals surface area contributed by atoms with E-state index < -0.39 is 56.6 Å². The minimum absolute atomic E-state index is 0. The molecule has 0 amide bonds. The number of methoxy groups -OCH3 is 3. The molecule has 0 heterocycles. The Labute approximate surface area is 879 Å². The Morgan fingerprint density at radius 1 is 0.518 bits per heavy atom. The quantitative estimate of drug-likeness (QED) is 0.00641. The SMILES string of the molecule is C.C/C(=C\CCc1ccccc1)[N+](=O)[O-].C=C(/C=C/OC)O[Si](C)(C)C.CC(=CCCc1ccccc1)[N+](=O)[O-].CC(C(O)CCc1ccccc1)[N+](=O)[O-].CC(C)O.CC[N+](=O)[O-].CO[C@H]1CC(=O)C[C@@H](CCc2ccccc2)[C@]1(C)[N+](=O)[O-].CO[C@H]1CC(N)C[C@@H](CCc2ccccc2)[C@]1(C)[N+](=O)[O-].O=CCCc1ccccc1.[Cl][Cu].[F-].[K+].c1ccc(P(c2ccccc2)c2ccccc2)cc1. The van der Waals surface area contributed by atoms with Gasteiger partial charge in [-0.1, -0.05) is 287 Å². The van der Waals surface area contributed by atoms with Gasteiger partial charge < -0.3 is 44.1 Å². The van der Waals surface area contributed by atoms with Gasteiger partial charge in [-0.05, 0) is 186 Å². The number of nitro groups is 6. The minimum Gasteiger partial charge on any atom is -1.00 e. The van der Waals surface area contributed by atoms with Crippen LogP contribution in [0, 0.1) is 72.5 Å². The van der Waals surface area contributed by atoms with E-state index >= 15 is 0 Å². The van der Waals surface area contributed by atoms with Crippen LogP contribution in [0.15, 0.2) is 321 Å². The number of aryl methyl sites for hydroxylation is 6. The van der Waals surface area contributed by atoms with Crippen LogP contribution in [0.1, 0.15) is 160 Å². The number of ketones is 1. The molecule has 9 aromatic carbocycles. The Hall–Kier alpha value is -9.90. The molecule has 0 aromatic heterocycles. The molecule has 33 heteroatoms. The van der Waals surface area contributed by atoms with Crippen molar-refractivity contribution in [2.45, 2.75) is 233 Å². The topological polar surface area (TPSA) is 396 Å². The number of aliphatic hydroxyl groups is 2. The molecule has 2 aliphatic rings. The maximum Gasteiger partial charge on any atom is 1.00 e. The Kier molecular flexibility index (Phi) is 74.6. The number of aliphatic hydroxyl groups excluding tert-OH is 2. The molecule has 0 aliphatic heterocycles. The van der Waals surface area contributed by atoms with Gasteiger partial charge in [0.15, 0.2) is 0 Å². The normalized spacial score (nSPS) is 16.8. The van der Waals surface area contributed by atoms with Crippen molar-refractivity contribution in [3.63, 3.8) is 0 Å². The van der Waals surface area contributed by atoms with Crippen molar-refractivity contribution in [3.05, 3.63) is 415 Å². The van der Waals surface area contributed by atoms with Crippen molar-refractivity contribution in [1.29, 1.82) is 0 Å². The van der Waals surface area contributed by atoms with E-state index in [1.807, 2.05) is 170 Å². The van der Waals surface area contributed by atoms with E-state index in [-0.39, 0.29) is 149 Å². The molecule has 0 spiro atoms. The Morgan fingerprint density at radius 3 is 1.09 bits per heavy atom. The number of ether oxygens (including phenoxy) is 3. The van der Waals surface area contributed by atoms with Crippen LogP contribution in [0.5, 0.6) is 0 Å². The minimum atomic E-state index is -1.48. The number of halogens is 2. The van der Waals surface area contributed by atoms with Gasteiger partial charge in [-0.2, -0.15) is 0 Å². The first kappa shape index (κ1) is 133. The van der Waals surface area contributed by atoms with E-state index in [0.29, 0.717) is 44.3 Å². The van der Waals surface area contributed by atoms with E-state index in [2.05, 4.69) is 155 Å². The van der Waals surface area contributed by atoms with E-state index in [9.17, 15) is 75.4 Å². The average Bonchev–Trinajstić information content (AvgIpc) is 0.772. The maximum absolute atomic E-state index is 11.9. The maximum atomic E-state index is 11.9. The zero-order valence-corrected chi connectivity index (χ0v) is 88.9. The third kappa shape index (κ3) is 57.6. The number of aldehydes is 1. The van der Waals surface area contributed by atoms with Crippen molar-refractivity contribution < 1.29 is 139 Å². The van der Waals surface area contributed by atoms with Crippen LogP contribution in [0.4, 0.5) is 0 Å². The molecule has 0 saturated heterocycles. The predicted molar refractivity (Wildman–Crippen MR) is 552 cm³/mol. The fourth-order valence-corrected chi connectivity index (χ4v) is 17.1. The molecule has 2 saturated carbocycles. The number of nitrogens with zero attached hydrogens (tertiary/aromatic N) is 6. The second-order valence-corrected chi connectivity index (χ2v) is 40.1. The molecule has 139 heavy (non-hydrogen) atoms. The number of carbonyl (C=O) groups excluding carboxylic acids is 2. The molecule has 2 aliphatic carbocycles. The van der Waals surface area contributed by atoms with E-state index in [1.165, 1.54) is 73.0 Å². The number of nitrogens with two attached hydrogens (primary N) is 1. The summed E-state index contributed by atoms with van der Waals surface area (Å²) >= 11 is 3.66. The van der Waals surface area contributed by atoms with E-state index in [1.54, 1.807) is 66.4 Å². The molecule has 9 aromatic rings. The summed E-state index contributed by atoms with van der Waals surface area (Å²) in [5.41, 5.74) is 11.3. The zero-order valence-electron chi connectivity index (χ0n) is 82.2. The smallest absolute Gasteiger partial charge is 1.00 e. The fraction of sp³-hybridized carbons (Fsp3) is 0.396. The number of benzene rings is 9. The standard InChI is InChI=1S/C18H15P.C16H24N2O3.C16H21NO4.C11H15NO3.2C11H13NO2.C9H10O.C8H16O2Si.C3H8O.C2H5NO2.CH4.ClH.Cu.FH.K/c1-4-10-16(11-5-1)19(17-12-6-2-7-13-17)18-14-8-3-9-15-18;1-16(18(19)20)13(10-14(17)11-15(16)21-2)9-8-12-6-4-3-5-7-12;1-16(17(19)20)13(10-14(18)11-15(16)21-2)9-8-12-6-4-3-5-7-12;1-9(12(14)15)11(13)8-7-10-5-3-2-4-6-10;2*1-10(12(13)14)6-5-9-11-7-3-2-4-8-11;10-8-4-7-9-5-2-1-3-6-9;1-8(6-7-9-2)10-11(3,4)5;1-3(2)4;1-2-3(4)5;;;;;/h1-15H;3-7,13-15H,8-11,17H2,1-2H3;3-7,13,15H,8-11H2,1-2H3;2-6,9,11,13H,7-8H2,1H3;2*2-4,6-8H,5,9H2,1H3;1-3,5-6,8H,4,7H2;6-7H,1H2,2-5H3;3-4H,1-2H3;2H2,1H3;1H4;1H;;1H;/q;;;;;;;;;;;;+1;;+1/p-2/b;;;;10-6+;;;7-6+;;;;;;;/t;13-,14?,15+,16+;13-,15+,16+;;;;;;;;;;;;/m.11............/s1. The largest absolute Gasteiger partial charge is 1.00 e. The Bertz CT molecular complexity index is 4750. The van der Waals surface area contributed by atoms with Crippen molar-refractivity contribution in [3.8, 4) is 0 Å². The predicted octanol–water partition coefficient (Wildman–Crippen LogP) is 16.1. The average molecular weight is 2050 g/mol. The molecule has 3 unspecified atom stereocenters. The molecular weight excluding hydrogens is 1910 g/mol. The summed E-state index contributed by atoms with van der Waals surface area (Å²) in [6.45, 7) is 22.8. The van der Waals surface area contributed by atoms with Crippen LogP contribution < -0.4 is 77.7 Å². The monoisotopic (exact) mass is 2050 g/mol. The third-order valence-electron chi connectivity index (χ3n) is 21.5. The number of Topliss-reactive ketones (excluding diaryl/α,β-unsaturated/α-hetero) is 1. The Balaban J connectivity index is -0.00000151. The number of rotatable bonds is 34. The number of allylic oxidation sites excluding steroid dienone is 5. The van der Waals surface area contributed by atoms with Crippen LogP contribution in [0.3, 0.4) is 0 Å². The second kappa shape index (κ2) is 77.8. The van der Waals surface area contributed by atoms with Crippen LogP contribution in [-0.2, 0) is 81.9 Å². The Morgan fingerprint density at radius 2 is 0.813 bits per heavy atom. The molecule has 27 nitrogen and oxygen atoms in total. The van der Waals surface area contributed by atoms with Crippen LogP contribution in [-0.4, -0.2) is 136 Å². The molecule has 2 fully saturated rings. The van der Waals surface area contributed by atoms with E-state index in [4.69, 9.17) is 29.5 Å². The van der Waals surface area contributed by atoms with Gasteiger partial charge in [0.1, 0.15) is 30.4 Å². The second-order valence-electron chi connectivity index (χ2n) is 33.4. The summed E-state index contributed by atoms with van der Waals surface area (Å²) in [5, 5.41) is 85.1. The molecule has 0 bridgehead atoms. The zero-order chi connectivity index (χ0) is 102. The van der Waals surface area contributed by atoms with Gasteiger partial charge in [-0.15, -0.1) is 0 Å². The molecular formula is C106H144ClCuFKN7O20PSi. The van der Waals surface area contributed by atoms with E-state index in [0.717, 1.165) is 68.8 Å². The summed E-state index contributed by atoms with van der Waals surface area (Å²) in [6, 6.07) is 90.9. The van der Waals surface area contributed by atoms with Gasteiger partial charge in [-0.3, -0.25) is 65.5 Å². The first-order chi connectivity index (χ1) is 64.8. The third-order valence-corrected chi connectivity index (χ3v) is 24.9. The van der Waals surface area contributed by atoms with Crippen LogP contribution in [0.25, 0.3) is 0 Å². The van der Waals surface area contributed by atoms with Gasteiger partial charge in [-0.25, -0.2) is 0 Å². The number of hydrogen-bond donors (Lipinski definition) is 3. The van der Waals surface area contributed by atoms with Gasteiger partial charge in [0.05, 0.1) is 29.0 Å². The summed E-state index contributed by atoms with van der Waals surface area (Å²) in [4.78, 5) is 83.3. The van der Waals surface area contributed by atoms with Crippen molar-refractivity contribution in [1.82, 2.24) is 0 Å². The summed E-state index contributed by atoms with van der Waals surface area (Å²) < 4.78 is 20.9. The van der Waals surface area contributed by atoms with Gasteiger partial charge in [0.25, 0.3) is 0 Å². The number of carbonyl (C=O) groups is 2. The van der Waals surface area contributed by atoms with Crippen LogP contribution in [0.2, 0.25) is 19.6 Å². The van der Waals surface area contributed by atoms with Crippen molar-refractivity contribution in [2.24, 2.45) is 17.6 Å². The fourth-order valence-electron chi connectivity index (χ4n) is 14.0. The molecule has 9 atom stereocenters. The summed E-state index contributed by atoms with van der Waals surface area (Å²) in [5.74, 6) is 0.366. The first-order valence-electron chi connectivity index (χ1n) is 45.0. The molecule has 4 N–H and O–H groups in total. The van der Waals surface area contributed by atoms with Crippen molar-refractivity contribution >= 4 is 54.3 Å². The molecule has 0 radical (unpaired) electrons. The summed E-state index contributed by atoms with van der Waals surface area (Å²) in [6.07, 6.45) is 15.8. The van der Waals surface area contributed by atoms with Crippen LogP contribution >= 0.6 is 18.0 Å². The first-order valence-corrected chi connectivity index (χ1v) is 51.0. The van der Waals surface area contributed by atoms with Gasteiger partial charge >= 0.3 is 76.6 Å². The molecule has 758 valence electrons. The van der Waals surface area contributed by atoms with Gasteiger partial charge in [0.2, 0.25) is 43.4 Å². The van der Waals surface area contributed by atoms with Crippen molar-refractivity contribution in [2.75, 3.05) is 27.9 Å². The number of hydrogen-bond acceptors (Lipinski definition) is 21. The molecule has 11 rings (SSSR count). The summed E-state index contributed by atoms with van der Waals surface area (Å²) in [7, 11) is 6.86.